The average molecular weight is 348 g/mol. The number of carbonyl (C=O) groups is 2. The number of fused-ring (bicyclic) bond motifs is 2. The quantitative estimate of drug-likeness (QED) is 0.789. The van der Waals surface area contributed by atoms with Gasteiger partial charge in [-0.05, 0) is 24.6 Å². The molecule has 2 aromatic rings. The van der Waals surface area contributed by atoms with E-state index in [1.54, 1.807) is 13.0 Å². The monoisotopic (exact) mass is 348 g/mol. The molecule has 0 saturated carbocycles. The van der Waals surface area contributed by atoms with Crippen molar-refractivity contribution >= 4 is 11.8 Å². The Morgan fingerprint density at radius 1 is 1.12 bits per heavy atom. The Hall–Kier alpha value is -2.88. The molecule has 0 saturated heterocycles. The molecule has 4 rings (SSSR count). The third kappa shape index (κ3) is 2.71. The molecule has 0 unspecified atom stereocenters. The second kappa shape index (κ2) is 6.79. The van der Waals surface area contributed by atoms with Crippen molar-refractivity contribution < 1.29 is 19.1 Å². The lowest BCUT2D eigenvalue weighted by atomic mass is 9.69. The number of carbonyl (C=O) groups excluding carboxylic acids is 2. The summed E-state index contributed by atoms with van der Waals surface area (Å²) in [7, 11) is 0. The molecule has 0 bridgehead atoms. The first-order valence-corrected chi connectivity index (χ1v) is 8.92. The van der Waals surface area contributed by atoms with E-state index in [0.717, 1.165) is 5.56 Å². The van der Waals surface area contributed by atoms with Crippen LogP contribution in [0.4, 0.5) is 0 Å². The maximum atomic E-state index is 13.3. The van der Waals surface area contributed by atoms with Crippen LogP contribution in [0.5, 0.6) is 5.75 Å². The molecule has 26 heavy (non-hydrogen) atoms. The summed E-state index contributed by atoms with van der Waals surface area (Å²) < 4.78 is 11.4. The second-order valence-electron chi connectivity index (χ2n) is 6.55. The topological polar surface area (TPSA) is 52.6 Å². The van der Waals surface area contributed by atoms with Gasteiger partial charge in [0.05, 0.1) is 18.1 Å². The van der Waals surface area contributed by atoms with Crippen molar-refractivity contribution in [2.45, 2.75) is 25.4 Å². The summed E-state index contributed by atoms with van der Waals surface area (Å²) in [5, 5.41) is 0. The summed E-state index contributed by atoms with van der Waals surface area (Å²) in [5.41, 5.74) is 2.06. The Bertz CT molecular complexity index is 869. The highest BCUT2D eigenvalue weighted by molar-refractivity contribution is 6.04. The van der Waals surface area contributed by atoms with Crippen molar-refractivity contribution in [3.05, 3.63) is 77.4 Å². The zero-order valence-corrected chi connectivity index (χ0v) is 14.6. The molecular formula is C22H20O4. The molecule has 1 heterocycles. The van der Waals surface area contributed by atoms with Crippen molar-refractivity contribution in [1.82, 2.24) is 0 Å². The number of rotatable bonds is 3. The van der Waals surface area contributed by atoms with Gasteiger partial charge in [-0.15, -0.1) is 0 Å². The minimum atomic E-state index is -0.434. The predicted molar refractivity (Wildman–Crippen MR) is 97.2 cm³/mol. The van der Waals surface area contributed by atoms with E-state index in [-0.39, 0.29) is 23.8 Å². The number of ketones is 1. The molecule has 0 spiro atoms. The molecule has 1 aliphatic heterocycles. The van der Waals surface area contributed by atoms with Gasteiger partial charge >= 0.3 is 5.97 Å². The molecule has 0 aromatic heterocycles. The van der Waals surface area contributed by atoms with E-state index in [0.29, 0.717) is 29.9 Å². The van der Waals surface area contributed by atoms with Crippen LogP contribution in [0.15, 0.2) is 66.2 Å². The minimum Gasteiger partial charge on any atom is -0.489 e. The molecule has 2 aromatic carbocycles. The Morgan fingerprint density at radius 2 is 1.85 bits per heavy atom. The molecule has 4 heteroatoms. The van der Waals surface area contributed by atoms with Crippen LogP contribution in [-0.4, -0.2) is 24.5 Å². The molecule has 0 amide bonds. The van der Waals surface area contributed by atoms with Gasteiger partial charge in [-0.25, -0.2) is 4.79 Å². The van der Waals surface area contributed by atoms with Crippen molar-refractivity contribution in [3.8, 4) is 5.75 Å². The normalized spacial score (nSPS) is 24.0. The Morgan fingerprint density at radius 3 is 2.62 bits per heavy atom. The van der Waals surface area contributed by atoms with Crippen LogP contribution in [0.1, 0.15) is 35.2 Å². The van der Waals surface area contributed by atoms with E-state index < -0.39 is 5.92 Å². The standard InChI is InChI=1S/C22H20O4/c1-2-25-22(24)16-12-13-18-20(19(16)14-8-4-3-5-9-14)21(23)15-10-6-7-11-17(15)26-18/h3-12,18-20H,2,13H2,1H3/t18-,19-,20+/m1/s1. The zero-order chi connectivity index (χ0) is 18.1. The van der Waals surface area contributed by atoms with Gasteiger partial charge in [-0.2, -0.15) is 0 Å². The van der Waals surface area contributed by atoms with Crippen molar-refractivity contribution in [2.75, 3.05) is 6.61 Å². The smallest absolute Gasteiger partial charge is 0.334 e. The van der Waals surface area contributed by atoms with E-state index in [1.165, 1.54) is 0 Å². The zero-order valence-electron chi connectivity index (χ0n) is 14.6. The van der Waals surface area contributed by atoms with Gasteiger partial charge in [-0.3, -0.25) is 4.79 Å². The first-order valence-electron chi connectivity index (χ1n) is 8.92. The van der Waals surface area contributed by atoms with Crippen LogP contribution in [0.25, 0.3) is 0 Å². The summed E-state index contributed by atoms with van der Waals surface area (Å²) in [6.45, 7) is 2.09. The van der Waals surface area contributed by atoms with Crippen LogP contribution in [0, 0.1) is 5.92 Å². The molecule has 4 nitrogen and oxygen atoms in total. The lowest BCUT2D eigenvalue weighted by Gasteiger charge is -2.40. The molecule has 132 valence electrons. The van der Waals surface area contributed by atoms with E-state index in [9.17, 15) is 9.59 Å². The molecule has 1 aliphatic carbocycles. The van der Waals surface area contributed by atoms with Crippen LogP contribution < -0.4 is 4.74 Å². The second-order valence-corrected chi connectivity index (χ2v) is 6.55. The van der Waals surface area contributed by atoms with Crippen molar-refractivity contribution in [3.63, 3.8) is 0 Å². The Labute approximate surface area is 152 Å². The number of esters is 1. The SMILES string of the molecule is CCOC(=O)C1=CC[C@H]2Oc3ccccc3C(=O)[C@@H]2[C@@H]1c1ccccc1. The average Bonchev–Trinajstić information content (AvgIpc) is 2.68. The van der Waals surface area contributed by atoms with Gasteiger partial charge in [0.15, 0.2) is 5.78 Å². The summed E-state index contributed by atoms with van der Waals surface area (Å²) in [6, 6.07) is 17.0. The van der Waals surface area contributed by atoms with Gasteiger partial charge in [0.2, 0.25) is 0 Å². The third-order valence-electron chi connectivity index (χ3n) is 5.07. The largest absolute Gasteiger partial charge is 0.489 e. The fourth-order valence-electron chi connectivity index (χ4n) is 3.95. The Balaban J connectivity index is 1.81. The van der Waals surface area contributed by atoms with Crippen LogP contribution in [-0.2, 0) is 9.53 Å². The molecular weight excluding hydrogens is 328 g/mol. The van der Waals surface area contributed by atoms with Crippen LogP contribution in [0.3, 0.4) is 0 Å². The lowest BCUT2D eigenvalue weighted by Crippen LogP contribution is -2.44. The summed E-state index contributed by atoms with van der Waals surface area (Å²) in [4.78, 5) is 25.9. The summed E-state index contributed by atoms with van der Waals surface area (Å²) in [6.07, 6.45) is 2.11. The van der Waals surface area contributed by atoms with E-state index >= 15 is 0 Å². The highest BCUT2D eigenvalue weighted by Crippen LogP contribution is 2.46. The fourth-order valence-corrected chi connectivity index (χ4v) is 3.95. The van der Waals surface area contributed by atoms with Crippen molar-refractivity contribution in [2.24, 2.45) is 5.92 Å². The van der Waals surface area contributed by atoms with Crippen molar-refractivity contribution in [1.29, 1.82) is 0 Å². The van der Waals surface area contributed by atoms with Gasteiger partial charge < -0.3 is 9.47 Å². The summed E-state index contributed by atoms with van der Waals surface area (Å²) in [5.74, 6) is -0.503. The highest BCUT2D eigenvalue weighted by Gasteiger charge is 2.47. The molecule has 0 radical (unpaired) electrons. The maximum absolute atomic E-state index is 13.3. The number of Topliss-reactive ketones (excluding diaryl/α,β-unsaturated/α-hetero) is 1. The molecule has 0 N–H and O–H groups in total. The lowest BCUT2D eigenvalue weighted by molar-refractivity contribution is -0.139. The van der Waals surface area contributed by atoms with E-state index in [2.05, 4.69) is 0 Å². The van der Waals surface area contributed by atoms with Gasteiger partial charge in [0, 0.05) is 17.9 Å². The molecule has 0 fully saturated rings. The Kier molecular flexibility index (Phi) is 4.33. The van der Waals surface area contributed by atoms with Gasteiger partial charge in [-0.1, -0.05) is 48.5 Å². The number of hydrogen-bond donors (Lipinski definition) is 0. The summed E-state index contributed by atoms with van der Waals surface area (Å²) >= 11 is 0. The van der Waals surface area contributed by atoms with Crippen LogP contribution in [0.2, 0.25) is 0 Å². The first kappa shape index (κ1) is 16.6. The van der Waals surface area contributed by atoms with Crippen LogP contribution >= 0.6 is 0 Å². The third-order valence-corrected chi connectivity index (χ3v) is 5.07. The molecule has 3 atom stereocenters. The van der Waals surface area contributed by atoms with Gasteiger partial charge in [0.25, 0.3) is 0 Å². The minimum absolute atomic E-state index is 0.0283. The highest BCUT2D eigenvalue weighted by atomic mass is 16.5. The maximum Gasteiger partial charge on any atom is 0.334 e. The first-order chi connectivity index (χ1) is 12.7. The fraction of sp³-hybridized carbons (Fsp3) is 0.273. The van der Waals surface area contributed by atoms with E-state index in [1.807, 2.05) is 54.6 Å². The van der Waals surface area contributed by atoms with Gasteiger partial charge in [0.1, 0.15) is 11.9 Å². The number of para-hydroxylation sites is 1. The number of benzene rings is 2. The number of hydrogen-bond acceptors (Lipinski definition) is 4. The predicted octanol–water partition coefficient (Wildman–Crippen LogP) is 3.92. The number of ether oxygens (including phenoxy) is 2. The van der Waals surface area contributed by atoms with E-state index in [4.69, 9.17) is 9.47 Å². The molecule has 2 aliphatic rings.